The lowest BCUT2D eigenvalue weighted by Gasteiger charge is -2.32. The van der Waals surface area contributed by atoms with Crippen molar-refractivity contribution in [2.24, 2.45) is 5.92 Å². The topological polar surface area (TPSA) is 78.5 Å². The van der Waals surface area contributed by atoms with Crippen molar-refractivity contribution in [1.82, 2.24) is 4.90 Å². The molecule has 0 saturated carbocycles. The minimum absolute atomic E-state index is 0.0576. The number of piperidine rings is 1. The quantitative estimate of drug-likeness (QED) is 0.836. The smallest absolute Gasteiger partial charge is 0.253 e. The minimum Gasteiger partial charge on any atom is -0.338 e. The Morgan fingerprint density at radius 3 is 2.79 bits per heavy atom. The standard InChI is InChI=1S/C21H21N3O3S/c25-19-13-28-18-9-8-14(11-17(18)23-19)21(27)24-10-4-5-15(12-24)20(26)22-16-6-2-1-3-7-16/h1-3,6-9,11,15H,4-5,10,12-13H2,(H,22,26)(H,23,25). The first-order valence-electron chi connectivity index (χ1n) is 9.32. The molecule has 3 amide bonds. The Bertz CT molecular complexity index is 916. The number of para-hydroxylation sites is 1. The molecule has 6 nitrogen and oxygen atoms in total. The van der Waals surface area contributed by atoms with Crippen molar-refractivity contribution in [2.45, 2.75) is 17.7 Å². The third-order valence-electron chi connectivity index (χ3n) is 4.98. The fourth-order valence-electron chi connectivity index (χ4n) is 3.54. The highest BCUT2D eigenvalue weighted by Gasteiger charge is 2.29. The van der Waals surface area contributed by atoms with Crippen LogP contribution in [-0.2, 0) is 9.59 Å². The van der Waals surface area contributed by atoms with Crippen LogP contribution in [0.25, 0.3) is 0 Å². The summed E-state index contributed by atoms with van der Waals surface area (Å²) in [6, 6.07) is 14.7. The summed E-state index contributed by atoms with van der Waals surface area (Å²) in [5.74, 6) is -0.0592. The van der Waals surface area contributed by atoms with Crippen molar-refractivity contribution in [3.05, 3.63) is 54.1 Å². The molecule has 2 aromatic rings. The lowest BCUT2D eigenvalue weighted by atomic mass is 9.96. The molecule has 1 fully saturated rings. The number of benzene rings is 2. The van der Waals surface area contributed by atoms with Gasteiger partial charge in [-0.1, -0.05) is 18.2 Å². The van der Waals surface area contributed by atoms with Crippen LogP contribution in [0, 0.1) is 5.92 Å². The van der Waals surface area contributed by atoms with Gasteiger partial charge in [-0.2, -0.15) is 0 Å². The molecule has 0 radical (unpaired) electrons. The van der Waals surface area contributed by atoms with Gasteiger partial charge in [0.05, 0.1) is 17.4 Å². The highest BCUT2D eigenvalue weighted by Crippen LogP contribution is 2.32. The number of carbonyl (C=O) groups excluding carboxylic acids is 3. The molecule has 0 aliphatic carbocycles. The molecule has 2 aliphatic rings. The summed E-state index contributed by atoms with van der Waals surface area (Å²) in [7, 11) is 0. The average molecular weight is 395 g/mol. The van der Waals surface area contributed by atoms with Gasteiger partial charge in [0.2, 0.25) is 11.8 Å². The monoisotopic (exact) mass is 395 g/mol. The van der Waals surface area contributed by atoms with E-state index in [9.17, 15) is 14.4 Å². The normalized spacial score (nSPS) is 18.8. The first-order chi connectivity index (χ1) is 13.6. The average Bonchev–Trinajstić information content (AvgIpc) is 2.73. The van der Waals surface area contributed by atoms with E-state index >= 15 is 0 Å². The van der Waals surface area contributed by atoms with Crippen molar-refractivity contribution < 1.29 is 14.4 Å². The number of hydrogen-bond acceptors (Lipinski definition) is 4. The number of nitrogens with zero attached hydrogens (tertiary/aromatic N) is 1. The largest absolute Gasteiger partial charge is 0.338 e. The number of rotatable bonds is 3. The minimum atomic E-state index is -0.231. The molecule has 1 atom stereocenters. The van der Waals surface area contributed by atoms with Crippen LogP contribution in [0.4, 0.5) is 11.4 Å². The first-order valence-corrected chi connectivity index (χ1v) is 10.3. The van der Waals surface area contributed by atoms with Crippen molar-refractivity contribution in [3.8, 4) is 0 Å². The Hall–Kier alpha value is -2.80. The zero-order chi connectivity index (χ0) is 19.5. The van der Waals surface area contributed by atoms with Crippen LogP contribution in [0.2, 0.25) is 0 Å². The highest BCUT2D eigenvalue weighted by molar-refractivity contribution is 8.00. The summed E-state index contributed by atoms with van der Waals surface area (Å²) in [5, 5.41) is 5.75. The van der Waals surface area contributed by atoms with Crippen LogP contribution in [0.1, 0.15) is 23.2 Å². The molecule has 0 aromatic heterocycles. The third kappa shape index (κ3) is 4.04. The summed E-state index contributed by atoms with van der Waals surface area (Å²) < 4.78 is 0. The molecule has 2 aliphatic heterocycles. The van der Waals surface area contributed by atoms with E-state index in [-0.39, 0.29) is 23.6 Å². The van der Waals surface area contributed by atoms with E-state index in [1.165, 1.54) is 11.8 Å². The number of nitrogens with one attached hydrogen (secondary N) is 2. The molecule has 2 aromatic carbocycles. The molecule has 1 unspecified atom stereocenters. The number of fused-ring (bicyclic) bond motifs is 1. The lowest BCUT2D eigenvalue weighted by molar-refractivity contribution is -0.121. The predicted octanol–water partition coefficient (Wildman–Crippen LogP) is 3.22. The van der Waals surface area contributed by atoms with Gasteiger partial charge in [-0.25, -0.2) is 0 Å². The van der Waals surface area contributed by atoms with E-state index in [0.29, 0.717) is 30.1 Å². The maximum Gasteiger partial charge on any atom is 0.253 e. The van der Waals surface area contributed by atoms with Crippen molar-refractivity contribution in [1.29, 1.82) is 0 Å². The maximum atomic E-state index is 13.0. The number of amides is 3. The molecular formula is C21H21N3O3S. The second kappa shape index (κ2) is 8.06. The van der Waals surface area contributed by atoms with E-state index < -0.39 is 0 Å². The molecule has 28 heavy (non-hydrogen) atoms. The summed E-state index contributed by atoms with van der Waals surface area (Å²) in [5.41, 5.74) is 1.98. The summed E-state index contributed by atoms with van der Waals surface area (Å²) in [6.45, 7) is 1.03. The molecule has 144 valence electrons. The van der Waals surface area contributed by atoms with E-state index in [0.717, 1.165) is 23.4 Å². The van der Waals surface area contributed by atoms with Gasteiger partial charge >= 0.3 is 0 Å². The van der Waals surface area contributed by atoms with Crippen molar-refractivity contribution >= 4 is 40.9 Å². The molecule has 1 saturated heterocycles. The molecule has 4 rings (SSSR count). The van der Waals surface area contributed by atoms with Crippen LogP contribution in [0.3, 0.4) is 0 Å². The van der Waals surface area contributed by atoms with Crippen LogP contribution in [-0.4, -0.2) is 41.5 Å². The van der Waals surface area contributed by atoms with Crippen molar-refractivity contribution in [3.63, 3.8) is 0 Å². The van der Waals surface area contributed by atoms with Crippen LogP contribution >= 0.6 is 11.8 Å². The Labute approximate surface area is 167 Å². The number of hydrogen-bond donors (Lipinski definition) is 2. The lowest BCUT2D eigenvalue weighted by Crippen LogP contribution is -2.43. The molecule has 2 heterocycles. The maximum absolute atomic E-state index is 13.0. The fourth-order valence-corrected chi connectivity index (χ4v) is 4.33. The Morgan fingerprint density at radius 1 is 1.14 bits per heavy atom. The van der Waals surface area contributed by atoms with Gasteiger partial charge < -0.3 is 15.5 Å². The number of thioether (sulfide) groups is 1. The number of carbonyl (C=O) groups is 3. The van der Waals surface area contributed by atoms with Gasteiger partial charge in [-0.15, -0.1) is 11.8 Å². The summed E-state index contributed by atoms with van der Waals surface area (Å²) >= 11 is 1.47. The van der Waals surface area contributed by atoms with Crippen molar-refractivity contribution in [2.75, 3.05) is 29.5 Å². The van der Waals surface area contributed by atoms with E-state index in [1.54, 1.807) is 17.0 Å². The molecule has 0 spiro atoms. The van der Waals surface area contributed by atoms with Crippen LogP contribution in [0.15, 0.2) is 53.4 Å². The highest BCUT2D eigenvalue weighted by atomic mass is 32.2. The Morgan fingerprint density at radius 2 is 1.96 bits per heavy atom. The van der Waals surface area contributed by atoms with Gasteiger partial charge in [-0.05, 0) is 43.2 Å². The zero-order valence-electron chi connectivity index (χ0n) is 15.3. The van der Waals surface area contributed by atoms with E-state index in [4.69, 9.17) is 0 Å². The van der Waals surface area contributed by atoms with Crippen LogP contribution < -0.4 is 10.6 Å². The third-order valence-corrected chi connectivity index (χ3v) is 6.05. The fraction of sp³-hybridized carbons (Fsp3) is 0.286. The Kier molecular flexibility index (Phi) is 5.34. The summed E-state index contributed by atoms with van der Waals surface area (Å²) in [6.07, 6.45) is 1.55. The second-order valence-corrected chi connectivity index (χ2v) is 8.01. The van der Waals surface area contributed by atoms with Gasteiger partial charge in [0.25, 0.3) is 5.91 Å². The van der Waals surface area contributed by atoms with Crippen LogP contribution in [0.5, 0.6) is 0 Å². The van der Waals surface area contributed by atoms with E-state index in [1.807, 2.05) is 36.4 Å². The second-order valence-electron chi connectivity index (χ2n) is 6.99. The van der Waals surface area contributed by atoms with E-state index in [2.05, 4.69) is 10.6 Å². The zero-order valence-corrected chi connectivity index (χ0v) is 16.1. The number of anilines is 2. The molecule has 2 N–H and O–H groups in total. The van der Waals surface area contributed by atoms with Gasteiger partial charge in [0.15, 0.2) is 0 Å². The van der Waals surface area contributed by atoms with Gasteiger partial charge in [0, 0.05) is 29.2 Å². The molecule has 7 heteroatoms. The first kappa shape index (κ1) is 18.6. The summed E-state index contributed by atoms with van der Waals surface area (Å²) in [4.78, 5) is 39.9. The van der Waals surface area contributed by atoms with Gasteiger partial charge in [-0.3, -0.25) is 14.4 Å². The SMILES string of the molecule is O=C1CSc2ccc(C(=O)N3CCCC(C(=O)Nc4ccccc4)C3)cc2N1. The van der Waals surface area contributed by atoms with Gasteiger partial charge in [0.1, 0.15) is 0 Å². The molecular weight excluding hydrogens is 374 g/mol. The predicted molar refractivity (Wildman–Crippen MR) is 109 cm³/mol. The Balaban J connectivity index is 1.44. The molecule has 0 bridgehead atoms. The number of likely N-dealkylation sites (tertiary alicyclic amines) is 1.